The number of piperidine rings is 1. The van der Waals surface area contributed by atoms with E-state index in [4.69, 9.17) is 24.5 Å². The van der Waals surface area contributed by atoms with Crippen LogP contribution < -0.4 is 10.1 Å². The van der Waals surface area contributed by atoms with Gasteiger partial charge >= 0.3 is 11.9 Å². The summed E-state index contributed by atoms with van der Waals surface area (Å²) in [6.07, 6.45) is 2.35. The van der Waals surface area contributed by atoms with Gasteiger partial charge in [0, 0.05) is 41.4 Å². The van der Waals surface area contributed by atoms with Crippen molar-refractivity contribution in [1.29, 1.82) is 0 Å². The molecule has 0 saturated carbocycles. The molecule has 0 amide bonds. The summed E-state index contributed by atoms with van der Waals surface area (Å²) in [6.45, 7) is 5.97. The Morgan fingerprint density at radius 3 is 2.23 bits per heavy atom. The Morgan fingerprint density at radius 1 is 1.07 bits per heavy atom. The molecule has 7 nitrogen and oxygen atoms in total. The van der Waals surface area contributed by atoms with E-state index in [0.717, 1.165) is 36.5 Å². The highest BCUT2D eigenvalue weighted by molar-refractivity contribution is 9.10. The smallest absolute Gasteiger partial charge is 0.414 e. The second-order valence-electron chi connectivity index (χ2n) is 6.85. The van der Waals surface area contributed by atoms with Crippen LogP contribution in [-0.4, -0.2) is 52.8 Å². The summed E-state index contributed by atoms with van der Waals surface area (Å²) in [5, 5.41) is 18.4. The van der Waals surface area contributed by atoms with Crippen LogP contribution in [0.15, 0.2) is 53.0 Å². The van der Waals surface area contributed by atoms with Crippen molar-refractivity contribution < 1.29 is 24.5 Å². The van der Waals surface area contributed by atoms with Gasteiger partial charge in [0.15, 0.2) is 0 Å². The number of hydrogen-bond donors (Lipinski definition) is 3. The minimum Gasteiger partial charge on any atom is -0.494 e. The van der Waals surface area contributed by atoms with E-state index < -0.39 is 11.9 Å². The third-order valence-corrected chi connectivity index (χ3v) is 5.18. The number of carboxylic acid groups (broad SMARTS) is 2. The maximum absolute atomic E-state index is 9.10. The highest BCUT2D eigenvalue weighted by atomic mass is 79.9. The van der Waals surface area contributed by atoms with E-state index in [1.165, 1.54) is 24.1 Å². The van der Waals surface area contributed by atoms with Gasteiger partial charge in [0.1, 0.15) is 5.75 Å². The molecule has 0 aliphatic carbocycles. The minimum absolute atomic E-state index is 0.560. The third-order valence-electron chi connectivity index (χ3n) is 4.65. The lowest BCUT2D eigenvalue weighted by molar-refractivity contribution is -0.159. The fourth-order valence-electron chi connectivity index (χ4n) is 3.19. The van der Waals surface area contributed by atoms with Gasteiger partial charge in [-0.1, -0.05) is 34.1 Å². The van der Waals surface area contributed by atoms with Gasteiger partial charge in [-0.3, -0.25) is 4.90 Å². The third kappa shape index (κ3) is 8.04. The number of likely N-dealkylation sites (tertiary alicyclic amines) is 1. The van der Waals surface area contributed by atoms with Crippen molar-refractivity contribution in [3.8, 4) is 5.75 Å². The molecule has 2 aromatic carbocycles. The molecule has 0 atom stereocenters. The number of nitrogens with zero attached hydrogens (tertiary/aromatic N) is 1. The van der Waals surface area contributed by atoms with Gasteiger partial charge in [-0.05, 0) is 50.1 Å². The summed E-state index contributed by atoms with van der Waals surface area (Å²) >= 11 is 3.48. The van der Waals surface area contributed by atoms with Crippen LogP contribution in [0, 0.1) is 0 Å². The first-order valence-corrected chi connectivity index (χ1v) is 10.6. The summed E-state index contributed by atoms with van der Waals surface area (Å²) in [5.41, 5.74) is 2.50. The van der Waals surface area contributed by atoms with Gasteiger partial charge in [-0.2, -0.15) is 0 Å². The van der Waals surface area contributed by atoms with Gasteiger partial charge < -0.3 is 20.3 Å². The first-order chi connectivity index (χ1) is 14.4. The van der Waals surface area contributed by atoms with E-state index >= 15 is 0 Å². The predicted molar refractivity (Wildman–Crippen MR) is 119 cm³/mol. The number of halogens is 1. The molecule has 162 valence electrons. The second-order valence-corrected chi connectivity index (χ2v) is 7.77. The Bertz CT molecular complexity index is 809. The Hall–Kier alpha value is -2.58. The standard InChI is InChI=1S/C20H25BrN2O.C2H2O4/c1-2-24-20-6-4-3-5-16(20)15-23-13-11-19(12-14-23)22-18-9-7-17(21)8-10-18;3-1(4)2(5)6/h3-10,19,22H,2,11-15H2,1H3;(H,3,4)(H,5,6). The average Bonchev–Trinajstić information content (AvgIpc) is 2.73. The maximum atomic E-state index is 9.10. The molecule has 1 heterocycles. The molecule has 30 heavy (non-hydrogen) atoms. The zero-order valence-corrected chi connectivity index (χ0v) is 18.5. The first-order valence-electron chi connectivity index (χ1n) is 9.80. The van der Waals surface area contributed by atoms with Crippen LogP contribution >= 0.6 is 15.9 Å². The Kier molecular flexibility index (Phi) is 9.63. The molecule has 1 aliphatic heterocycles. The summed E-state index contributed by atoms with van der Waals surface area (Å²) in [7, 11) is 0. The number of benzene rings is 2. The number of carboxylic acids is 2. The van der Waals surface area contributed by atoms with E-state index in [-0.39, 0.29) is 0 Å². The van der Waals surface area contributed by atoms with E-state index in [9.17, 15) is 0 Å². The number of rotatable bonds is 6. The van der Waals surface area contributed by atoms with Crippen LogP contribution in [0.25, 0.3) is 0 Å². The van der Waals surface area contributed by atoms with Crippen molar-refractivity contribution >= 4 is 33.6 Å². The molecule has 0 unspecified atom stereocenters. The fraction of sp³-hybridized carbons (Fsp3) is 0.364. The summed E-state index contributed by atoms with van der Waals surface area (Å²) in [5.74, 6) is -2.62. The Morgan fingerprint density at radius 2 is 1.67 bits per heavy atom. The molecular formula is C22H27BrN2O5. The van der Waals surface area contributed by atoms with Crippen LogP contribution in [0.3, 0.4) is 0 Å². The first kappa shape index (κ1) is 23.7. The average molecular weight is 479 g/mol. The van der Waals surface area contributed by atoms with Crippen molar-refractivity contribution in [2.45, 2.75) is 32.4 Å². The number of carbonyl (C=O) groups is 2. The summed E-state index contributed by atoms with van der Waals surface area (Å²) < 4.78 is 6.87. The largest absolute Gasteiger partial charge is 0.494 e. The lowest BCUT2D eigenvalue weighted by Gasteiger charge is -2.33. The van der Waals surface area contributed by atoms with E-state index in [2.05, 4.69) is 68.6 Å². The zero-order valence-electron chi connectivity index (χ0n) is 16.9. The van der Waals surface area contributed by atoms with Crippen LogP contribution in [0.4, 0.5) is 5.69 Å². The van der Waals surface area contributed by atoms with Crippen molar-refractivity contribution in [3.63, 3.8) is 0 Å². The van der Waals surface area contributed by atoms with E-state index in [1.54, 1.807) is 0 Å². The van der Waals surface area contributed by atoms with Crippen molar-refractivity contribution in [3.05, 3.63) is 58.6 Å². The molecule has 0 radical (unpaired) electrons. The highest BCUT2D eigenvalue weighted by Crippen LogP contribution is 2.23. The lowest BCUT2D eigenvalue weighted by atomic mass is 10.0. The molecule has 0 spiro atoms. The van der Waals surface area contributed by atoms with E-state index in [1.807, 2.05) is 13.0 Å². The topological polar surface area (TPSA) is 99.1 Å². The number of aliphatic carboxylic acids is 2. The quantitative estimate of drug-likeness (QED) is 0.537. The van der Waals surface area contributed by atoms with Crippen LogP contribution in [0.1, 0.15) is 25.3 Å². The Balaban J connectivity index is 0.000000469. The number of ether oxygens (including phenoxy) is 1. The predicted octanol–water partition coefficient (Wildman–Crippen LogP) is 4.08. The van der Waals surface area contributed by atoms with Gasteiger partial charge in [0.2, 0.25) is 0 Å². The number of para-hydroxylation sites is 1. The normalized spacial score (nSPS) is 14.3. The van der Waals surface area contributed by atoms with Gasteiger partial charge in [0.25, 0.3) is 0 Å². The maximum Gasteiger partial charge on any atom is 0.414 e. The second kappa shape index (κ2) is 12.2. The van der Waals surface area contributed by atoms with Crippen LogP contribution in [0.2, 0.25) is 0 Å². The number of hydrogen-bond acceptors (Lipinski definition) is 5. The summed E-state index contributed by atoms with van der Waals surface area (Å²) in [6, 6.07) is 17.4. The molecule has 0 aromatic heterocycles. The SMILES string of the molecule is CCOc1ccccc1CN1CCC(Nc2ccc(Br)cc2)CC1.O=C(O)C(=O)O. The molecule has 0 bridgehead atoms. The van der Waals surface area contributed by atoms with Crippen molar-refractivity contribution in [1.82, 2.24) is 4.90 Å². The molecular weight excluding hydrogens is 452 g/mol. The number of nitrogens with one attached hydrogen (secondary N) is 1. The zero-order chi connectivity index (χ0) is 21.9. The Labute approximate surface area is 184 Å². The monoisotopic (exact) mass is 478 g/mol. The lowest BCUT2D eigenvalue weighted by Crippen LogP contribution is -2.38. The molecule has 3 rings (SSSR count). The van der Waals surface area contributed by atoms with Crippen LogP contribution in [0.5, 0.6) is 5.75 Å². The molecule has 2 aromatic rings. The minimum atomic E-state index is -1.82. The fourth-order valence-corrected chi connectivity index (χ4v) is 3.45. The van der Waals surface area contributed by atoms with E-state index in [0.29, 0.717) is 6.04 Å². The molecule has 8 heteroatoms. The highest BCUT2D eigenvalue weighted by Gasteiger charge is 2.20. The molecule has 1 fully saturated rings. The number of anilines is 1. The summed E-state index contributed by atoms with van der Waals surface area (Å²) in [4.78, 5) is 20.7. The van der Waals surface area contributed by atoms with Crippen molar-refractivity contribution in [2.75, 3.05) is 25.0 Å². The van der Waals surface area contributed by atoms with Gasteiger partial charge in [-0.25, -0.2) is 9.59 Å². The van der Waals surface area contributed by atoms with Crippen LogP contribution in [-0.2, 0) is 16.1 Å². The molecule has 3 N–H and O–H groups in total. The molecule has 1 saturated heterocycles. The van der Waals surface area contributed by atoms with Crippen molar-refractivity contribution in [2.24, 2.45) is 0 Å². The van der Waals surface area contributed by atoms with Gasteiger partial charge in [0.05, 0.1) is 6.61 Å². The molecule has 1 aliphatic rings. The van der Waals surface area contributed by atoms with Gasteiger partial charge in [-0.15, -0.1) is 0 Å².